The molecule has 2 aliphatic carbocycles. The highest BCUT2D eigenvalue weighted by molar-refractivity contribution is 6.31. The highest BCUT2D eigenvalue weighted by atomic mass is 19.2. The van der Waals surface area contributed by atoms with Gasteiger partial charge >= 0.3 is 0 Å². The fraction of sp³-hybridized carbons (Fsp3) is 0. The van der Waals surface area contributed by atoms with Gasteiger partial charge in [0.25, 0.3) is 0 Å². The van der Waals surface area contributed by atoms with E-state index in [9.17, 15) is 64.9 Å². The SMILES string of the molecule is N#CC(C#N)=C1C(c2cc(F)c(F)cc2C#N)=C(C#N)c2c1cc1c(c2C#N)C(C#N)=C(c2cc(F)c(F)cc2C#N)C1=C(C#N)C#N. The topological polar surface area (TPSA) is 214 Å². The minimum absolute atomic E-state index is 0.236. The summed E-state index contributed by atoms with van der Waals surface area (Å²) in [4.78, 5) is 0. The molecule has 0 bridgehead atoms. The van der Waals surface area contributed by atoms with Crippen molar-refractivity contribution in [1.82, 2.24) is 0 Å². The smallest absolute Gasteiger partial charge is 0.160 e. The van der Waals surface area contributed by atoms with Crippen LogP contribution < -0.4 is 0 Å². The minimum Gasteiger partial charge on any atom is -0.204 e. The first kappa shape index (κ1) is 31.2. The quantitative estimate of drug-likeness (QED) is 0.228. The first-order chi connectivity index (χ1) is 23.1. The molecule has 0 aliphatic heterocycles. The predicted octanol–water partition coefficient (Wildman–Crippen LogP) is 6.36. The standard InChI is InChI=1S/C35H5F4N9/c36-26-1-15(6-40)19(4-28(26)38)34-24(13-47)32-21(30(34)17(8-42)9-43)3-22-31(18(10-44)11-45)35(25(14-48)33(22)23(32)12-46)20-5-29(39)27(37)2-16(20)7-41/h1-5H. The van der Waals surface area contributed by atoms with Crippen molar-refractivity contribution >= 4 is 33.4 Å². The van der Waals surface area contributed by atoms with Gasteiger partial charge in [-0.1, -0.05) is 0 Å². The van der Waals surface area contributed by atoms with Gasteiger partial charge in [0.2, 0.25) is 0 Å². The predicted molar refractivity (Wildman–Crippen MR) is 154 cm³/mol. The normalized spacial score (nSPS) is 12.1. The molecule has 3 aromatic carbocycles. The third-order valence-electron chi connectivity index (χ3n) is 7.55. The van der Waals surface area contributed by atoms with Gasteiger partial charge in [0, 0.05) is 44.5 Å². The molecule has 0 saturated carbocycles. The monoisotopic (exact) mass is 627 g/mol. The van der Waals surface area contributed by atoms with Crippen LogP contribution >= 0.6 is 0 Å². The Morgan fingerprint density at radius 3 is 1.06 bits per heavy atom. The molecule has 5 rings (SSSR count). The highest BCUT2D eigenvalue weighted by Crippen LogP contribution is 2.56. The van der Waals surface area contributed by atoms with E-state index in [2.05, 4.69) is 0 Å². The van der Waals surface area contributed by atoms with Crippen molar-refractivity contribution in [2.24, 2.45) is 0 Å². The van der Waals surface area contributed by atoms with E-state index < -0.39 is 95.7 Å². The summed E-state index contributed by atoms with van der Waals surface area (Å²) < 4.78 is 57.5. The van der Waals surface area contributed by atoms with Crippen molar-refractivity contribution in [3.05, 3.63) is 115 Å². The van der Waals surface area contributed by atoms with Gasteiger partial charge in [0.05, 0.1) is 40.0 Å². The third-order valence-corrected chi connectivity index (χ3v) is 7.55. The largest absolute Gasteiger partial charge is 0.204 e. The van der Waals surface area contributed by atoms with Crippen molar-refractivity contribution in [3.8, 4) is 54.6 Å². The minimum atomic E-state index is -1.46. The summed E-state index contributed by atoms with van der Waals surface area (Å²) in [6.07, 6.45) is 0. The number of nitriles is 9. The molecular formula is C35H5F4N9. The molecule has 0 N–H and O–H groups in total. The van der Waals surface area contributed by atoms with E-state index in [1.165, 1.54) is 0 Å². The molecule has 48 heavy (non-hydrogen) atoms. The Morgan fingerprint density at radius 2 is 0.771 bits per heavy atom. The Hall–Kier alpha value is -8.25. The van der Waals surface area contributed by atoms with Crippen LogP contribution in [0.2, 0.25) is 0 Å². The van der Waals surface area contributed by atoms with Crippen LogP contribution in [0.5, 0.6) is 0 Å². The molecule has 9 nitrogen and oxygen atoms in total. The fourth-order valence-corrected chi connectivity index (χ4v) is 5.73. The number of benzene rings is 3. The van der Waals surface area contributed by atoms with Gasteiger partial charge in [0.1, 0.15) is 53.6 Å². The van der Waals surface area contributed by atoms with Crippen LogP contribution in [0.25, 0.3) is 33.4 Å². The number of hydrogen-bond acceptors (Lipinski definition) is 9. The van der Waals surface area contributed by atoms with Gasteiger partial charge < -0.3 is 0 Å². The molecule has 0 spiro atoms. The van der Waals surface area contributed by atoms with E-state index in [0.29, 0.717) is 24.3 Å². The van der Waals surface area contributed by atoms with Crippen LogP contribution in [0.15, 0.2) is 41.5 Å². The van der Waals surface area contributed by atoms with Gasteiger partial charge in [-0.25, -0.2) is 17.6 Å². The van der Waals surface area contributed by atoms with Crippen LogP contribution in [-0.4, -0.2) is 0 Å². The molecule has 0 radical (unpaired) electrons. The first-order valence-corrected chi connectivity index (χ1v) is 12.9. The molecule has 218 valence electrons. The Labute approximate surface area is 267 Å². The van der Waals surface area contributed by atoms with Crippen LogP contribution in [0.4, 0.5) is 17.6 Å². The Bertz CT molecular complexity index is 2440. The molecule has 0 fully saturated rings. The second-order valence-corrected chi connectivity index (χ2v) is 9.73. The van der Waals surface area contributed by atoms with E-state index in [1.807, 2.05) is 18.2 Å². The molecule has 0 atom stereocenters. The molecule has 0 saturated heterocycles. The maximum absolute atomic E-state index is 14.6. The van der Waals surface area contributed by atoms with Crippen LogP contribution in [-0.2, 0) is 0 Å². The number of rotatable bonds is 2. The first-order valence-electron chi connectivity index (χ1n) is 12.9. The highest BCUT2D eigenvalue weighted by Gasteiger charge is 2.41. The zero-order valence-corrected chi connectivity index (χ0v) is 23.4. The molecule has 0 aromatic heterocycles. The lowest BCUT2D eigenvalue weighted by Gasteiger charge is -2.14. The van der Waals surface area contributed by atoms with Gasteiger partial charge in [-0.05, 0) is 41.5 Å². The van der Waals surface area contributed by atoms with Crippen molar-refractivity contribution in [2.75, 3.05) is 0 Å². The van der Waals surface area contributed by atoms with Crippen LogP contribution in [0, 0.1) is 125 Å². The molecule has 0 heterocycles. The number of allylic oxidation sites excluding steroid dienone is 8. The fourth-order valence-electron chi connectivity index (χ4n) is 5.73. The van der Waals surface area contributed by atoms with E-state index >= 15 is 0 Å². The second kappa shape index (κ2) is 11.7. The van der Waals surface area contributed by atoms with Gasteiger partial charge in [-0.15, -0.1) is 0 Å². The summed E-state index contributed by atoms with van der Waals surface area (Å²) in [5, 5.41) is 90.5. The molecule has 0 amide bonds. The number of fused-ring (bicyclic) bond motifs is 2. The number of nitrogens with zero attached hydrogens (tertiary/aromatic N) is 9. The van der Waals surface area contributed by atoms with Crippen molar-refractivity contribution in [1.29, 1.82) is 47.4 Å². The lowest BCUT2D eigenvalue weighted by molar-refractivity contribution is 0.508. The Kier molecular flexibility index (Phi) is 7.59. The lowest BCUT2D eigenvalue weighted by Crippen LogP contribution is -2.00. The van der Waals surface area contributed by atoms with E-state index in [-0.39, 0.29) is 22.3 Å². The summed E-state index contributed by atoms with van der Waals surface area (Å²) in [5.74, 6) is -5.76. The van der Waals surface area contributed by atoms with E-state index in [0.717, 1.165) is 6.07 Å². The van der Waals surface area contributed by atoms with Crippen LogP contribution in [0.1, 0.15) is 50.1 Å². The van der Waals surface area contributed by atoms with E-state index in [4.69, 9.17) is 0 Å². The number of hydrogen-bond donors (Lipinski definition) is 0. The molecular weight excluding hydrogens is 622 g/mol. The molecule has 13 heteroatoms. The summed E-state index contributed by atoms with van der Waals surface area (Å²) in [6, 6.07) is 18.7. The second-order valence-electron chi connectivity index (χ2n) is 9.73. The maximum atomic E-state index is 14.6. The Balaban J connectivity index is 2.09. The summed E-state index contributed by atoms with van der Waals surface area (Å²) >= 11 is 0. The summed E-state index contributed by atoms with van der Waals surface area (Å²) in [7, 11) is 0. The average Bonchev–Trinajstić information content (AvgIpc) is 3.59. The van der Waals surface area contributed by atoms with Crippen molar-refractivity contribution < 1.29 is 17.6 Å². The number of halogens is 4. The zero-order valence-electron chi connectivity index (χ0n) is 23.4. The summed E-state index contributed by atoms with van der Waals surface area (Å²) in [6.45, 7) is 0. The third kappa shape index (κ3) is 4.23. The van der Waals surface area contributed by atoms with Crippen molar-refractivity contribution in [2.45, 2.75) is 0 Å². The lowest BCUT2D eigenvalue weighted by atomic mass is 9.86. The average molecular weight is 627 g/mol. The van der Waals surface area contributed by atoms with Gasteiger partial charge in [0.15, 0.2) is 23.3 Å². The van der Waals surface area contributed by atoms with E-state index in [1.54, 1.807) is 36.4 Å². The van der Waals surface area contributed by atoms with Crippen LogP contribution in [0.3, 0.4) is 0 Å². The molecule has 3 aromatic rings. The molecule has 2 aliphatic rings. The maximum Gasteiger partial charge on any atom is 0.160 e. The molecule has 0 unspecified atom stereocenters. The summed E-state index contributed by atoms with van der Waals surface area (Å²) in [5.41, 5.74) is -7.47. The zero-order chi connectivity index (χ0) is 35.0. The Morgan fingerprint density at radius 1 is 0.417 bits per heavy atom. The van der Waals surface area contributed by atoms with Gasteiger partial charge in [-0.3, -0.25) is 0 Å². The van der Waals surface area contributed by atoms with Gasteiger partial charge in [-0.2, -0.15) is 47.4 Å². The van der Waals surface area contributed by atoms with Crippen molar-refractivity contribution in [3.63, 3.8) is 0 Å².